The number of piperazine rings is 1. The number of hydrogen-bond donors (Lipinski definition) is 0. The molecule has 9 heteroatoms. The van der Waals surface area contributed by atoms with Crippen molar-refractivity contribution in [3.8, 4) is 11.5 Å². The minimum absolute atomic E-state index is 0.0497. The highest BCUT2D eigenvalue weighted by Gasteiger charge is 2.25. The van der Waals surface area contributed by atoms with Gasteiger partial charge < -0.3 is 19.3 Å². The molecule has 0 radical (unpaired) electrons. The number of benzene rings is 2. The summed E-state index contributed by atoms with van der Waals surface area (Å²) < 4.78 is 11.1. The summed E-state index contributed by atoms with van der Waals surface area (Å²) in [5, 5.41) is 2.75. The molecule has 3 heterocycles. The monoisotopic (exact) mass is 548 g/mol. The molecule has 1 aromatic heterocycles. The third-order valence-corrected chi connectivity index (χ3v) is 8.04. The van der Waals surface area contributed by atoms with Gasteiger partial charge in [-0.3, -0.25) is 14.5 Å². The van der Waals surface area contributed by atoms with Gasteiger partial charge in [-0.05, 0) is 34.2 Å². The van der Waals surface area contributed by atoms with Gasteiger partial charge in [0.1, 0.15) is 10.7 Å². The third-order valence-electron chi connectivity index (χ3n) is 7.21. The van der Waals surface area contributed by atoms with Crippen LogP contribution in [0.4, 0.5) is 0 Å². The highest BCUT2D eigenvalue weighted by molar-refractivity contribution is 7.09. The molecule has 5 rings (SSSR count). The largest absolute Gasteiger partial charge is 0.454 e. The Balaban J connectivity index is 1.30. The molecule has 2 amide bonds. The van der Waals surface area contributed by atoms with Crippen LogP contribution < -0.4 is 9.47 Å². The zero-order chi connectivity index (χ0) is 27.6. The second kappa shape index (κ2) is 11.4. The van der Waals surface area contributed by atoms with Gasteiger partial charge in [0.2, 0.25) is 12.7 Å². The standard InChI is InChI=1S/C30H36N4O4S/c1-21(35)33-11-13-34(14-12-33)29(36)25-19-39-28(31-25)18-32(16-22-5-8-24(9-6-22)30(2,3)4)17-23-7-10-26-27(15-23)38-20-37-26/h5-10,15,19H,11-14,16-18,20H2,1-4H3. The predicted molar refractivity (Wildman–Crippen MR) is 151 cm³/mol. The van der Waals surface area contributed by atoms with Gasteiger partial charge in [0.05, 0.1) is 6.54 Å². The summed E-state index contributed by atoms with van der Waals surface area (Å²) in [6.45, 7) is 12.7. The Labute approximate surface area is 234 Å². The van der Waals surface area contributed by atoms with Crippen LogP contribution in [0.15, 0.2) is 47.8 Å². The van der Waals surface area contributed by atoms with E-state index in [1.54, 1.807) is 16.7 Å². The van der Waals surface area contributed by atoms with Crippen LogP contribution in [0.25, 0.3) is 0 Å². The Morgan fingerprint density at radius 2 is 1.54 bits per heavy atom. The number of nitrogens with zero attached hydrogens (tertiary/aromatic N) is 4. The molecule has 0 atom stereocenters. The maximum absolute atomic E-state index is 13.1. The van der Waals surface area contributed by atoms with Gasteiger partial charge in [0.25, 0.3) is 5.91 Å². The summed E-state index contributed by atoms with van der Waals surface area (Å²) in [4.78, 5) is 35.4. The average molecular weight is 549 g/mol. The van der Waals surface area contributed by atoms with Crippen molar-refractivity contribution in [3.63, 3.8) is 0 Å². The van der Waals surface area contributed by atoms with Crippen LogP contribution in [0.5, 0.6) is 11.5 Å². The summed E-state index contributed by atoms with van der Waals surface area (Å²) >= 11 is 1.51. The number of carbonyl (C=O) groups is 2. The lowest BCUT2D eigenvalue weighted by atomic mass is 9.87. The fourth-order valence-electron chi connectivity index (χ4n) is 4.89. The number of ether oxygens (including phenoxy) is 2. The molecule has 0 N–H and O–H groups in total. The highest BCUT2D eigenvalue weighted by Crippen LogP contribution is 2.33. The predicted octanol–water partition coefficient (Wildman–Crippen LogP) is 4.68. The van der Waals surface area contributed by atoms with Crippen molar-refractivity contribution in [2.24, 2.45) is 0 Å². The van der Waals surface area contributed by atoms with Crippen molar-refractivity contribution in [1.82, 2.24) is 19.7 Å². The molecule has 0 aliphatic carbocycles. The molecular formula is C30H36N4O4S. The molecule has 0 bridgehead atoms. The lowest BCUT2D eigenvalue weighted by molar-refractivity contribution is -0.130. The van der Waals surface area contributed by atoms with E-state index in [1.165, 1.54) is 22.5 Å². The van der Waals surface area contributed by atoms with Crippen LogP contribution in [-0.2, 0) is 29.8 Å². The van der Waals surface area contributed by atoms with Crippen LogP contribution in [-0.4, -0.2) is 64.5 Å². The summed E-state index contributed by atoms with van der Waals surface area (Å²) in [7, 11) is 0. The molecule has 3 aromatic rings. The first-order chi connectivity index (χ1) is 18.7. The normalized spacial score (nSPS) is 15.2. The SMILES string of the molecule is CC(=O)N1CCN(C(=O)c2csc(CN(Cc3ccc(C(C)(C)C)cc3)Cc3ccc4c(c3)OCO4)n2)CC1. The minimum Gasteiger partial charge on any atom is -0.454 e. The van der Waals surface area contributed by atoms with Gasteiger partial charge in [-0.1, -0.05) is 51.1 Å². The summed E-state index contributed by atoms with van der Waals surface area (Å²) in [6, 6.07) is 14.9. The number of thiazole rings is 1. The van der Waals surface area contributed by atoms with Crippen LogP contribution >= 0.6 is 11.3 Å². The molecule has 2 aliphatic heterocycles. The van der Waals surface area contributed by atoms with Crippen molar-refractivity contribution in [1.29, 1.82) is 0 Å². The van der Waals surface area contributed by atoms with E-state index in [1.807, 2.05) is 17.5 Å². The van der Waals surface area contributed by atoms with E-state index in [9.17, 15) is 9.59 Å². The van der Waals surface area contributed by atoms with Crippen LogP contribution in [0.1, 0.15) is 59.9 Å². The molecule has 2 aliphatic rings. The molecule has 1 saturated heterocycles. The van der Waals surface area contributed by atoms with E-state index in [0.717, 1.165) is 28.6 Å². The van der Waals surface area contributed by atoms with E-state index >= 15 is 0 Å². The molecule has 1 fully saturated rings. The van der Waals surface area contributed by atoms with Crippen molar-refractivity contribution >= 4 is 23.2 Å². The number of amides is 2. The Morgan fingerprint density at radius 1 is 0.897 bits per heavy atom. The number of aromatic nitrogens is 1. The first-order valence-electron chi connectivity index (χ1n) is 13.4. The van der Waals surface area contributed by atoms with E-state index < -0.39 is 0 Å². The lowest BCUT2D eigenvalue weighted by Gasteiger charge is -2.33. The molecule has 0 saturated carbocycles. The fourth-order valence-corrected chi connectivity index (χ4v) is 5.70. The first-order valence-corrected chi connectivity index (χ1v) is 14.2. The van der Waals surface area contributed by atoms with Gasteiger partial charge in [0, 0.05) is 51.6 Å². The van der Waals surface area contributed by atoms with E-state index in [4.69, 9.17) is 14.5 Å². The van der Waals surface area contributed by atoms with Crippen LogP contribution in [0, 0.1) is 0 Å². The zero-order valence-corrected chi connectivity index (χ0v) is 23.9. The molecule has 39 heavy (non-hydrogen) atoms. The van der Waals surface area contributed by atoms with Gasteiger partial charge in [-0.2, -0.15) is 0 Å². The van der Waals surface area contributed by atoms with Crippen LogP contribution in [0.3, 0.4) is 0 Å². The Kier molecular flexibility index (Phi) is 7.91. The quantitative estimate of drug-likeness (QED) is 0.427. The van der Waals surface area contributed by atoms with Crippen LogP contribution in [0.2, 0.25) is 0 Å². The molecule has 2 aromatic carbocycles. The number of rotatable bonds is 7. The Hall–Kier alpha value is -3.43. The van der Waals surface area contributed by atoms with Crippen molar-refractivity contribution < 1.29 is 19.1 Å². The van der Waals surface area contributed by atoms with Gasteiger partial charge in [0.15, 0.2) is 11.5 Å². The zero-order valence-electron chi connectivity index (χ0n) is 23.1. The van der Waals surface area contributed by atoms with Gasteiger partial charge in [-0.15, -0.1) is 11.3 Å². The molecule has 0 unspecified atom stereocenters. The molecule has 8 nitrogen and oxygen atoms in total. The van der Waals surface area contributed by atoms with Gasteiger partial charge in [-0.25, -0.2) is 4.98 Å². The summed E-state index contributed by atoms with van der Waals surface area (Å²) in [5.41, 5.74) is 4.24. The first kappa shape index (κ1) is 27.1. The number of carbonyl (C=O) groups excluding carboxylic acids is 2. The number of hydrogen-bond acceptors (Lipinski definition) is 7. The summed E-state index contributed by atoms with van der Waals surface area (Å²) in [5.74, 6) is 1.53. The lowest BCUT2D eigenvalue weighted by Crippen LogP contribution is -2.50. The molecule has 0 spiro atoms. The maximum Gasteiger partial charge on any atom is 0.273 e. The topological polar surface area (TPSA) is 75.2 Å². The fraction of sp³-hybridized carbons (Fsp3) is 0.433. The minimum atomic E-state index is -0.0687. The van der Waals surface area contributed by atoms with E-state index in [0.29, 0.717) is 45.0 Å². The third kappa shape index (κ3) is 6.59. The Bertz CT molecular complexity index is 1320. The highest BCUT2D eigenvalue weighted by atomic mass is 32.1. The maximum atomic E-state index is 13.1. The second-order valence-corrected chi connectivity index (χ2v) is 12.1. The van der Waals surface area contributed by atoms with Crippen molar-refractivity contribution in [2.45, 2.75) is 52.7 Å². The van der Waals surface area contributed by atoms with Gasteiger partial charge >= 0.3 is 0 Å². The second-order valence-electron chi connectivity index (χ2n) is 11.2. The smallest absolute Gasteiger partial charge is 0.273 e. The van der Waals surface area contributed by atoms with E-state index in [2.05, 4.69) is 56.0 Å². The molecular weight excluding hydrogens is 512 g/mol. The average Bonchev–Trinajstić information content (AvgIpc) is 3.57. The van der Waals surface area contributed by atoms with E-state index in [-0.39, 0.29) is 24.0 Å². The number of fused-ring (bicyclic) bond motifs is 1. The Morgan fingerprint density at radius 3 is 2.23 bits per heavy atom. The molecule has 206 valence electrons. The van der Waals surface area contributed by atoms with Crippen molar-refractivity contribution in [2.75, 3.05) is 33.0 Å². The van der Waals surface area contributed by atoms with Crippen molar-refractivity contribution in [3.05, 3.63) is 75.2 Å². The summed E-state index contributed by atoms with van der Waals surface area (Å²) in [6.07, 6.45) is 0.